The zero-order valence-corrected chi connectivity index (χ0v) is 10.1. The molecule has 2 heteroatoms. The van der Waals surface area contributed by atoms with Crippen molar-refractivity contribution < 1.29 is 0 Å². The molecule has 0 aliphatic heterocycles. The lowest BCUT2D eigenvalue weighted by Gasteiger charge is -1.95. The van der Waals surface area contributed by atoms with Crippen LogP contribution in [0.1, 0.15) is 13.8 Å². The normalized spacial score (nSPS) is 10.7. The molecule has 1 nitrogen and oxygen atoms in total. The first-order valence-electron chi connectivity index (χ1n) is 4.80. The highest BCUT2D eigenvalue weighted by Gasteiger charge is 1.91. The summed E-state index contributed by atoms with van der Waals surface area (Å²) in [5, 5.41) is 0.974. The van der Waals surface area contributed by atoms with Gasteiger partial charge in [0.25, 0.3) is 0 Å². The lowest BCUT2D eigenvalue weighted by Crippen LogP contribution is -1.82. The molecule has 0 fully saturated rings. The second kappa shape index (κ2) is 6.28. The molecule has 0 N–H and O–H groups in total. The van der Waals surface area contributed by atoms with Crippen molar-refractivity contribution in [3.63, 3.8) is 0 Å². The Balaban J connectivity index is 2.93. The second-order valence-corrected chi connectivity index (χ2v) is 4.10. The SMILES string of the molecule is CSC(C=C=C(C)C)=Nc1ccccc1. The monoisotopic (exact) mass is 217 g/mol. The summed E-state index contributed by atoms with van der Waals surface area (Å²) in [5.41, 5.74) is 5.29. The molecule has 1 aromatic carbocycles. The Kier molecular flexibility index (Phi) is 4.96. The van der Waals surface area contributed by atoms with Gasteiger partial charge in [0.05, 0.1) is 5.69 Å². The van der Waals surface area contributed by atoms with Gasteiger partial charge in [0.1, 0.15) is 5.04 Å². The first kappa shape index (κ1) is 11.8. The Morgan fingerprint density at radius 2 is 1.93 bits per heavy atom. The second-order valence-electron chi connectivity index (χ2n) is 3.28. The van der Waals surface area contributed by atoms with E-state index in [1.54, 1.807) is 11.8 Å². The number of para-hydroxylation sites is 1. The van der Waals surface area contributed by atoms with Crippen LogP contribution >= 0.6 is 11.8 Å². The van der Waals surface area contributed by atoms with Gasteiger partial charge in [-0.05, 0) is 37.8 Å². The van der Waals surface area contributed by atoms with Gasteiger partial charge in [0.2, 0.25) is 0 Å². The number of nitrogens with zero attached hydrogens (tertiary/aromatic N) is 1. The van der Waals surface area contributed by atoms with E-state index in [0.29, 0.717) is 0 Å². The molecule has 0 aliphatic carbocycles. The quantitative estimate of drug-likeness (QED) is 0.411. The molecule has 0 unspecified atom stereocenters. The van der Waals surface area contributed by atoms with Gasteiger partial charge in [-0.2, -0.15) is 0 Å². The summed E-state index contributed by atoms with van der Waals surface area (Å²) in [6.07, 6.45) is 3.94. The molecule has 0 heterocycles. The maximum Gasteiger partial charge on any atom is 0.104 e. The summed E-state index contributed by atoms with van der Waals surface area (Å²) in [6.45, 7) is 4.05. The number of hydrogen-bond donors (Lipinski definition) is 0. The van der Waals surface area contributed by atoms with Crippen LogP contribution in [0.2, 0.25) is 0 Å². The molecule has 0 aromatic heterocycles. The van der Waals surface area contributed by atoms with Crippen LogP contribution in [-0.2, 0) is 0 Å². The molecule has 0 aliphatic rings. The van der Waals surface area contributed by atoms with E-state index < -0.39 is 0 Å². The molecule has 0 saturated carbocycles. The Bertz CT molecular complexity index is 394. The van der Waals surface area contributed by atoms with Crippen LogP contribution in [-0.4, -0.2) is 11.3 Å². The number of benzene rings is 1. The van der Waals surface area contributed by atoms with Crippen molar-refractivity contribution in [2.75, 3.05) is 6.26 Å². The Labute approximate surface area is 95.6 Å². The molecule has 0 bridgehead atoms. The molecule has 0 amide bonds. The minimum absolute atomic E-state index is 0.974. The van der Waals surface area contributed by atoms with Crippen LogP contribution < -0.4 is 0 Å². The molecule has 1 aromatic rings. The predicted octanol–water partition coefficient (Wildman–Crippen LogP) is 4.20. The maximum atomic E-state index is 4.50. The van der Waals surface area contributed by atoms with Gasteiger partial charge in [-0.1, -0.05) is 18.2 Å². The summed E-state index contributed by atoms with van der Waals surface area (Å²) in [5.74, 6) is 0. The maximum absolute atomic E-state index is 4.50. The van der Waals surface area contributed by atoms with Crippen molar-refractivity contribution in [1.29, 1.82) is 0 Å². The average Bonchev–Trinajstić information content (AvgIpc) is 2.25. The third-order valence-corrected chi connectivity index (χ3v) is 2.32. The Morgan fingerprint density at radius 3 is 2.47 bits per heavy atom. The number of aliphatic imine (C=N–C) groups is 1. The lowest BCUT2D eigenvalue weighted by atomic mass is 10.3. The van der Waals surface area contributed by atoms with E-state index >= 15 is 0 Å². The molecule has 0 atom stereocenters. The smallest absolute Gasteiger partial charge is 0.104 e. The summed E-state index contributed by atoms with van der Waals surface area (Å²) < 4.78 is 0. The van der Waals surface area contributed by atoms with Crippen molar-refractivity contribution >= 4 is 22.5 Å². The first-order valence-corrected chi connectivity index (χ1v) is 6.02. The van der Waals surface area contributed by atoms with Gasteiger partial charge < -0.3 is 0 Å². The van der Waals surface area contributed by atoms with Gasteiger partial charge in [-0.3, -0.25) is 0 Å². The molecule has 1 rings (SSSR count). The summed E-state index contributed by atoms with van der Waals surface area (Å²) in [6, 6.07) is 9.95. The van der Waals surface area contributed by atoms with Crippen LogP contribution in [0.3, 0.4) is 0 Å². The highest BCUT2D eigenvalue weighted by Crippen LogP contribution is 2.13. The van der Waals surface area contributed by atoms with E-state index in [4.69, 9.17) is 0 Å². The fourth-order valence-corrected chi connectivity index (χ4v) is 1.35. The molecular formula is C13H15NS. The molecule has 78 valence electrons. The van der Waals surface area contributed by atoms with Gasteiger partial charge in [0.15, 0.2) is 0 Å². The topological polar surface area (TPSA) is 12.4 Å². The van der Waals surface area contributed by atoms with Gasteiger partial charge >= 0.3 is 0 Å². The Hall–Kier alpha value is -1.24. The van der Waals surface area contributed by atoms with Crippen molar-refractivity contribution in [1.82, 2.24) is 0 Å². The fraction of sp³-hybridized carbons (Fsp3) is 0.231. The molecule has 0 saturated heterocycles. The molecule has 0 radical (unpaired) electrons. The summed E-state index contributed by atoms with van der Waals surface area (Å²) in [4.78, 5) is 4.50. The first-order chi connectivity index (χ1) is 7.22. The van der Waals surface area contributed by atoms with Gasteiger partial charge in [-0.15, -0.1) is 17.5 Å². The van der Waals surface area contributed by atoms with Crippen molar-refractivity contribution in [3.05, 3.63) is 47.7 Å². The zero-order valence-electron chi connectivity index (χ0n) is 9.32. The number of hydrogen-bond acceptors (Lipinski definition) is 2. The minimum atomic E-state index is 0.974. The van der Waals surface area contributed by atoms with E-state index in [2.05, 4.69) is 10.7 Å². The third kappa shape index (κ3) is 4.68. The average molecular weight is 217 g/mol. The lowest BCUT2D eigenvalue weighted by molar-refractivity contribution is 1.41. The van der Waals surface area contributed by atoms with E-state index in [9.17, 15) is 0 Å². The zero-order chi connectivity index (χ0) is 11.1. The van der Waals surface area contributed by atoms with E-state index in [0.717, 1.165) is 16.3 Å². The predicted molar refractivity (Wildman–Crippen MR) is 70.0 cm³/mol. The molecule has 0 spiro atoms. The highest BCUT2D eigenvalue weighted by molar-refractivity contribution is 8.13. The van der Waals surface area contributed by atoms with E-state index in [-0.39, 0.29) is 0 Å². The van der Waals surface area contributed by atoms with E-state index in [1.807, 2.05) is 56.5 Å². The Morgan fingerprint density at radius 1 is 1.27 bits per heavy atom. The van der Waals surface area contributed by atoms with Gasteiger partial charge in [-0.25, -0.2) is 4.99 Å². The van der Waals surface area contributed by atoms with Crippen molar-refractivity contribution in [2.24, 2.45) is 4.99 Å². The van der Waals surface area contributed by atoms with Gasteiger partial charge in [0, 0.05) is 6.08 Å². The van der Waals surface area contributed by atoms with Crippen molar-refractivity contribution in [3.8, 4) is 0 Å². The van der Waals surface area contributed by atoms with Crippen LogP contribution in [0.4, 0.5) is 5.69 Å². The minimum Gasteiger partial charge on any atom is -0.241 e. The summed E-state index contributed by atoms with van der Waals surface area (Å²) >= 11 is 1.63. The largest absolute Gasteiger partial charge is 0.241 e. The third-order valence-electron chi connectivity index (χ3n) is 1.69. The molecule has 15 heavy (non-hydrogen) atoms. The highest BCUT2D eigenvalue weighted by atomic mass is 32.2. The van der Waals surface area contributed by atoms with Crippen LogP contribution in [0.5, 0.6) is 0 Å². The van der Waals surface area contributed by atoms with E-state index in [1.165, 1.54) is 0 Å². The fourth-order valence-electron chi connectivity index (χ4n) is 0.973. The number of thioether (sulfide) groups is 1. The van der Waals surface area contributed by atoms with Crippen LogP contribution in [0.15, 0.2) is 52.7 Å². The van der Waals surface area contributed by atoms with Crippen molar-refractivity contribution in [2.45, 2.75) is 13.8 Å². The van der Waals surface area contributed by atoms with Crippen LogP contribution in [0.25, 0.3) is 0 Å². The molecular weight excluding hydrogens is 202 g/mol. The van der Waals surface area contributed by atoms with Crippen LogP contribution in [0, 0.1) is 0 Å². The number of rotatable bonds is 2. The standard InChI is InChI=1S/C13H15NS/c1-11(2)9-10-13(15-3)14-12-7-5-4-6-8-12/h4-8,10H,1-3H3. The summed E-state index contributed by atoms with van der Waals surface area (Å²) in [7, 11) is 0.